The maximum absolute atomic E-state index is 13.4. The Balaban J connectivity index is 1.28. The van der Waals surface area contributed by atoms with Gasteiger partial charge in [0.05, 0.1) is 0 Å². The van der Waals surface area contributed by atoms with Crippen LogP contribution in [0.2, 0.25) is 0 Å². The third-order valence-electron chi connectivity index (χ3n) is 5.82. The molecule has 4 nitrogen and oxygen atoms in total. The SMILES string of the molecule is Fc1ccc(N(CCCN2CCN(C(=S)Nc3ccccc3)CC2)c2ccc(F)cc2)cc1. The minimum Gasteiger partial charge on any atom is -0.346 e. The largest absolute Gasteiger partial charge is 0.346 e. The Hall–Kier alpha value is -3.03. The first-order valence-corrected chi connectivity index (χ1v) is 11.6. The molecule has 4 rings (SSSR count). The maximum atomic E-state index is 13.4. The van der Waals surface area contributed by atoms with Crippen molar-refractivity contribution >= 4 is 34.4 Å². The van der Waals surface area contributed by atoms with Gasteiger partial charge in [-0.2, -0.15) is 0 Å². The van der Waals surface area contributed by atoms with Crippen LogP contribution in [0.25, 0.3) is 0 Å². The van der Waals surface area contributed by atoms with Crippen molar-refractivity contribution in [1.29, 1.82) is 0 Å². The van der Waals surface area contributed by atoms with Crippen LogP contribution < -0.4 is 10.2 Å². The Kier molecular flexibility index (Phi) is 7.86. The summed E-state index contributed by atoms with van der Waals surface area (Å²) in [5.41, 5.74) is 2.79. The minimum atomic E-state index is -0.268. The monoisotopic (exact) mass is 466 g/mol. The first kappa shape index (κ1) is 23.1. The molecule has 3 aromatic carbocycles. The highest BCUT2D eigenvalue weighted by Gasteiger charge is 2.19. The Bertz CT molecular complexity index is 975. The maximum Gasteiger partial charge on any atom is 0.173 e. The number of nitrogens with zero attached hydrogens (tertiary/aromatic N) is 3. The van der Waals surface area contributed by atoms with E-state index in [1.165, 1.54) is 24.3 Å². The number of piperazine rings is 1. The van der Waals surface area contributed by atoms with Gasteiger partial charge in [-0.25, -0.2) is 8.78 Å². The molecular weight excluding hydrogens is 438 g/mol. The van der Waals surface area contributed by atoms with Crippen LogP contribution in [-0.2, 0) is 0 Å². The zero-order valence-corrected chi connectivity index (χ0v) is 19.3. The lowest BCUT2D eigenvalue weighted by Gasteiger charge is -2.36. The van der Waals surface area contributed by atoms with Crippen LogP contribution in [0, 0.1) is 11.6 Å². The highest BCUT2D eigenvalue weighted by molar-refractivity contribution is 7.80. The Morgan fingerprint density at radius 1 is 0.788 bits per heavy atom. The first-order chi connectivity index (χ1) is 16.1. The van der Waals surface area contributed by atoms with Gasteiger partial charge in [0.25, 0.3) is 0 Å². The van der Waals surface area contributed by atoms with Crippen molar-refractivity contribution in [2.75, 3.05) is 49.5 Å². The summed E-state index contributed by atoms with van der Waals surface area (Å²) in [6.07, 6.45) is 0.932. The van der Waals surface area contributed by atoms with E-state index in [2.05, 4.69) is 20.0 Å². The topological polar surface area (TPSA) is 21.8 Å². The summed E-state index contributed by atoms with van der Waals surface area (Å²) in [4.78, 5) is 6.76. The van der Waals surface area contributed by atoms with Gasteiger partial charge in [-0.05, 0) is 85.8 Å². The van der Waals surface area contributed by atoms with E-state index in [0.29, 0.717) is 0 Å². The zero-order valence-electron chi connectivity index (χ0n) is 18.5. The lowest BCUT2D eigenvalue weighted by molar-refractivity contribution is 0.183. The molecule has 1 fully saturated rings. The van der Waals surface area contributed by atoms with Crippen molar-refractivity contribution in [2.24, 2.45) is 0 Å². The summed E-state index contributed by atoms with van der Waals surface area (Å²) in [5, 5.41) is 4.07. The fourth-order valence-corrected chi connectivity index (χ4v) is 4.30. The molecule has 33 heavy (non-hydrogen) atoms. The predicted molar refractivity (Wildman–Crippen MR) is 135 cm³/mol. The van der Waals surface area contributed by atoms with Crippen molar-refractivity contribution in [2.45, 2.75) is 6.42 Å². The number of para-hydroxylation sites is 1. The summed E-state index contributed by atoms with van der Waals surface area (Å²) in [6, 6.07) is 22.9. The number of halogens is 2. The number of benzene rings is 3. The van der Waals surface area contributed by atoms with E-state index in [4.69, 9.17) is 12.2 Å². The molecule has 0 unspecified atom stereocenters. The van der Waals surface area contributed by atoms with E-state index in [-0.39, 0.29) is 11.6 Å². The molecule has 0 atom stereocenters. The van der Waals surface area contributed by atoms with Gasteiger partial charge in [-0.3, -0.25) is 4.90 Å². The standard InChI is InChI=1S/C26H28F2N4S/c27-21-7-11-24(12-8-21)32(25-13-9-22(28)10-14-25)16-4-15-30-17-19-31(20-18-30)26(33)29-23-5-2-1-3-6-23/h1-3,5-14H,4,15-20H2,(H,29,33). The number of nitrogens with one attached hydrogen (secondary N) is 1. The second-order valence-corrected chi connectivity index (χ2v) is 8.47. The molecule has 0 radical (unpaired) electrons. The summed E-state index contributed by atoms with van der Waals surface area (Å²) in [7, 11) is 0. The van der Waals surface area contributed by atoms with E-state index in [9.17, 15) is 8.78 Å². The Morgan fingerprint density at radius 2 is 1.33 bits per heavy atom. The fourth-order valence-electron chi connectivity index (χ4n) is 4.00. The molecular formula is C26H28F2N4S. The number of hydrogen-bond donors (Lipinski definition) is 1. The third-order valence-corrected chi connectivity index (χ3v) is 6.18. The van der Waals surface area contributed by atoms with Gasteiger partial charge in [0.2, 0.25) is 0 Å². The molecule has 1 aliphatic heterocycles. The normalized spacial score (nSPS) is 14.2. The molecule has 0 saturated carbocycles. The number of hydrogen-bond acceptors (Lipinski definition) is 3. The van der Waals surface area contributed by atoms with Crippen LogP contribution >= 0.6 is 12.2 Å². The van der Waals surface area contributed by atoms with E-state index in [1.54, 1.807) is 24.3 Å². The van der Waals surface area contributed by atoms with Crippen LogP contribution in [0.15, 0.2) is 78.9 Å². The molecule has 1 N–H and O–H groups in total. The molecule has 3 aromatic rings. The smallest absolute Gasteiger partial charge is 0.173 e. The van der Waals surface area contributed by atoms with Gasteiger partial charge in [0.15, 0.2) is 5.11 Å². The zero-order chi connectivity index (χ0) is 23.0. The summed E-state index contributed by atoms with van der Waals surface area (Å²) < 4.78 is 26.8. The number of anilines is 3. The second kappa shape index (κ2) is 11.2. The quantitative estimate of drug-likeness (QED) is 0.463. The molecule has 0 bridgehead atoms. The average Bonchev–Trinajstić information content (AvgIpc) is 2.84. The molecule has 172 valence electrons. The van der Waals surface area contributed by atoms with Gasteiger partial charge in [-0.1, -0.05) is 18.2 Å². The van der Waals surface area contributed by atoms with Gasteiger partial charge in [-0.15, -0.1) is 0 Å². The summed E-state index contributed by atoms with van der Waals surface area (Å²) in [6.45, 7) is 5.38. The van der Waals surface area contributed by atoms with Crippen LogP contribution in [0.1, 0.15) is 6.42 Å². The lowest BCUT2D eigenvalue weighted by atomic mass is 10.2. The number of thiocarbonyl (C=S) groups is 1. The van der Waals surface area contributed by atoms with Crippen LogP contribution in [0.3, 0.4) is 0 Å². The molecule has 1 heterocycles. The Morgan fingerprint density at radius 3 is 1.88 bits per heavy atom. The van der Waals surface area contributed by atoms with Crippen molar-refractivity contribution in [3.05, 3.63) is 90.5 Å². The molecule has 0 spiro atoms. The molecule has 0 amide bonds. The minimum absolute atomic E-state index is 0.268. The summed E-state index contributed by atoms with van der Waals surface area (Å²) in [5.74, 6) is -0.536. The third kappa shape index (κ3) is 6.49. The fraction of sp³-hybridized carbons (Fsp3) is 0.269. The lowest BCUT2D eigenvalue weighted by Crippen LogP contribution is -2.50. The molecule has 7 heteroatoms. The summed E-state index contributed by atoms with van der Waals surface area (Å²) >= 11 is 5.58. The van der Waals surface area contributed by atoms with Gasteiger partial charge in [0, 0.05) is 49.8 Å². The van der Waals surface area contributed by atoms with Gasteiger partial charge >= 0.3 is 0 Å². The van der Waals surface area contributed by atoms with Crippen molar-refractivity contribution in [1.82, 2.24) is 9.80 Å². The van der Waals surface area contributed by atoms with E-state index in [0.717, 1.165) is 67.9 Å². The predicted octanol–water partition coefficient (Wildman–Crippen LogP) is 5.51. The number of rotatable bonds is 7. The van der Waals surface area contributed by atoms with Crippen LogP contribution in [0.4, 0.5) is 25.8 Å². The van der Waals surface area contributed by atoms with E-state index < -0.39 is 0 Å². The van der Waals surface area contributed by atoms with Crippen molar-refractivity contribution in [3.8, 4) is 0 Å². The van der Waals surface area contributed by atoms with Crippen molar-refractivity contribution in [3.63, 3.8) is 0 Å². The van der Waals surface area contributed by atoms with Gasteiger partial charge < -0.3 is 15.1 Å². The highest BCUT2D eigenvalue weighted by atomic mass is 32.1. The van der Waals surface area contributed by atoms with E-state index in [1.807, 2.05) is 30.3 Å². The highest BCUT2D eigenvalue weighted by Crippen LogP contribution is 2.26. The Labute approximate surface area is 199 Å². The molecule has 1 aliphatic rings. The second-order valence-electron chi connectivity index (χ2n) is 8.08. The van der Waals surface area contributed by atoms with E-state index >= 15 is 0 Å². The molecule has 0 aliphatic carbocycles. The van der Waals surface area contributed by atoms with Crippen LogP contribution in [0.5, 0.6) is 0 Å². The average molecular weight is 467 g/mol. The molecule has 1 saturated heterocycles. The van der Waals surface area contributed by atoms with Crippen LogP contribution in [-0.4, -0.2) is 54.2 Å². The van der Waals surface area contributed by atoms with Gasteiger partial charge in [0.1, 0.15) is 11.6 Å². The molecule has 0 aromatic heterocycles. The van der Waals surface area contributed by atoms with Crippen molar-refractivity contribution < 1.29 is 8.78 Å². The first-order valence-electron chi connectivity index (χ1n) is 11.2.